The van der Waals surface area contributed by atoms with E-state index in [-0.39, 0.29) is 4.47 Å². The average molecular weight is 289 g/mol. The molecule has 84 valence electrons. The summed E-state index contributed by atoms with van der Waals surface area (Å²) < 4.78 is 50.0. The predicted octanol–water partition coefficient (Wildman–Crippen LogP) is 2.27. The quantitative estimate of drug-likeness (QED) is 0.632. The summed E-state index contributed by atoms with van der Waals surface area (Å²) in [5.41, 5.74) is -0.583. The van der Waals surface area contributed by atoms with E-state index < -0.39 is 23.8 Å². The topological polar surface area (TPSA) is 34.9 Å². The Hall–Kier alpha value is -0.920. The smallest absolute Gasteiger partial charge is 0.285 e. The minimum atomic E-state index is -4.70. The maximum atomic E-state index is 12.7. The molecule has 0 saturated heterocycles. The van der Waals surface area contributed by atoms with Gasteiger partial charge in [0.25, 0.3) is 5.78 Å². The average Bonchev–Trinajstić information content (AvgIpc) is 2.45. The van der Waals surface area contributed by atoms with Crippen LogP contribution in [0.5, 0.6) is 0 Å². The Morgan fingerprint density at radius 1 is 1.60 bits per heavy atom. The molecule has 0 radical (unpaired) electrons. The van der Waals surface area contributed by atoms with E-state index in [9.17, 15) is 22.4 Å². The molecule has 1 heterocycles. The van der Waals surface area contributed by atoms with Gasteiger partial charge >= 0.3 is 12.3 Å². The molecule has 0 fully saturated rings. The van der Waals surface area contributed by atoms with E-state index >= 15 is 0 Å². The number of hydrogen-bond acceptors (Lipinski definition) is 2. The van der Waals surface area contributed by atoms with Crippen molar-refractivity contribution in [2.24, 2.45) is 7.05 Å². The van der Waals surface area contributed by atoms with Gasteiger partial charge in [0.05, 0.1) is 10.7 Å². The molecule has 0 spiro atoms. The van der Waals surface area contributed by atoms with E-state index in [0.717, 1.165) is 10.9 Å². The Balaban J connectivity index is 3.16. The Labute approximate surface area is 90.2 Å². The van der Waals surface area contributed by atoms with Crippen molar-refractivity contribution in [3.63, 3.8) is 0 Å². The lowest BCUT2D eigenvalue weighted by molar-refractivity contribution is -0.0962. The number of hydrogen-bond donors (Lipinski definition) is 0. The van der Waals surface area contributed by atoms with Crippen LogP contribution in [-0.2, 0) is 7.05 Å². The van der Waals surface area contributed by atoms with Crippen molar-refractivity contribution in [3.05, 3.63) is 16.4 Å². The van der Waals surface area contributed by atoms with Crippen LogP contribution in [0.15, 0.2) is 10.7 Å². The Kier molecular flexibility index (Phi) is 3.17. The summed E-state index contributed by atoms with van der Waals surface area (Å²) in [4.78, 5) is 11.1. The molecule has 0 amide bonds. The molecule has 0 aromatic carbocycles. The van der Waals surface area contributed by atoms with Gasteiger partial charge in [0, 0.05) is 7.05 Å². The van der Waals surface area contributed by atoms with Crippen LogP contribution in [0.25, 0.3) is 0 Å². The maximum absolute atomic E-state index is 12.7. The van der Waals surface area contributed by atoms with Crippen molar-refractivity contribution in [3.8, 4) is 0 Å². The van der Waals surface area contributed by atoms with Crippen LogP contribution in [0.2, 0.25) is 0 Å². The van der Waals surface area contributed by atoms with Crippen LogP contribution in [0.4, 0.5) is 17.6 Å². The van der Waals surface area contributed by atoms with Crippen LogP contribution in [0.3, 0.4) is 0 Å². The van der Waals surface area contributed by atoms with E-state index in [4.69, 9.17) is 0 Å². The minimum absolute atomic E-state index is 0.0460. The highest BCUT2D eigenvalue weighted by Gasteiger charge is 2.50. The molecule has 1 rings (SSSR count). The third-order valence-electron chi connectivity index (χ3n) is 1.69. The summed E-state index contributed by atoms with van der Waals surface area (Å²) in [7, 11) is 1.21. The molecule has 3 nitrogen and oxygen atoms in total. The molecule has 0 aliphatic carbocycles. The molecule has 15 heavy (non-hydrogen) atoms. The van der Waals surface area contributed by atoms with Gasteiger partial charge in [0.1, 0.15) is 5.69 Å². The van der Waals surface area contributed by atoms with E-state index in [1.54, 1.807) is 0 Å². The highest BCUT2D eigenvalue weighted by molar-refractivity contribution is 9.10. The summed E-state index contributed by atoms with van der Waals surface area (Å²) in [6, 6.07) is 0. The second-order valence-corrected chi connectivity index (χ2v) is 3.57. The fourth-order valence-electron chi connectivity index (χ4n) is 0.923. The lowest BCUT2D eigenvalue weighted by Crippen LogP contribution is -2.37. The minimum Gasteiger partial charge on any atom is -0.285 e. The number of nitrogens with zero attached hydrogens (tertiary/aromatic N) is 2. The zero-order chi connectivity index (χ0) is 11.8. The van der Waals surface area contributed by atoms with Crippen molar-refractivity contribution >= 4 is 21.7 Å². The zero-order valence-corrected chi connectivity index (χ0v) is 8.93. The van der Waals surface area contributed by atoms with Gasteiger partial charge in [-0.05, 0) is 15.9 Å². The maximum Gasteiger partial charge on any atom is 0.370 e. The van der Waals surface area contributed by atoms with Gasteiger partial charge in [-0.2, -0.15) is 13.9 Å². The number of halogens is 5. The van der Waals surface area contributed by atoms with Crippen molar-refractivity contribution in [1.82, 2.24) is 9.78 Å². The predicted molar refractivity (Wildman–Crippen MR) is 46.2 cm³/mol. The third kappa shape index (κ3) is 2.04. The third-order valence-corrected chi connectivity index (χ3v) is 2.27. The van der Waals surface area contributed by atoms with E-state index in [1.165, 1.54) is 7.05 Å². The van der Waals surface area contributed by atoms with Crippen LogP contribution in [-0.4, -0.2) is 27.9 Å². The first-order chi connectivity index (χ1) is 6.78. The summed E-state index contributed by atoms with van der Waals surface area (Å²) in [6.07, 6.45) is -2.96. The molecular formula is C7H5BrF4N2O. The zero-order valence-electron chi connectivity index (χ0n) is 7.35. The Morgan fingerprint density at radius 3 is 2.47 bits per heavy atom. The molecule has 1 aromatic heterocycles. The van der Waals surface area contributed by atoms with Gasteiger partial charge in [-0.1, -0.05) is 0 Å². The van der Waals surface area contributed by atoms with Crippen molar-refractivity contribution in [2.75, 3.05) is 0 Å². The summed E-state index contributed by atoms with van der Waals surface area (Å²) in [5.74, 6) is -6.65. The molecule has 8 heteroatoms. The molecule has 1 aromatic rings. The van der Waals surface area contributed by atoms with Crippen LogP contribution < -0.4 is 0 Å². The summed E-state index contributed by atoms with van der Waals surface area (Å²) in [6.45, 7) is 0. The number of Topliss-reactive ketones (excluding diaryl/α,β-unsaturated/α-hetero) is 1. The van der Waals surface area contributed by atoms with Gasteiger partial charge in [0.2, 0.25) is 0 Å². The molecule has 0 aliphatic heterocycles. The number of carbonyl (C=O) groups is 1. The van der Waals surface area contributed by atoms with Gasteiger partial charge in [-0.25, -0.2) is 8.78 Å². The molecular weight excluding hydrogens is 284 g/mol. The first-order valence-electron chi connectivity index (χ1n) is 3.66. The Morgan fingerprint density at radius 2 is 2.13 bits per heavy atom. The highest BCUT2D eigenvalue weighted by atomic mass is 79.9. The standard InChI is InChI=1S/C7H5BrF4N2O/c1-14-4(3(8)2-13-14)5(15)7(11,12)6(9)10/h2,6H,1H3. The number of carbonyl (C=O) groups excluding carboxylic acids is 1. The molecule has 0 N–H and O–H groups in total. The monoisotopic (exact) mass is 288 g/mol. The van der Waals surface area contributed by atoms with Crippen LogP contribution in [0, 0.1) is 0 Å². The lowest BCUT2D eigenvalue weighted by atomic mass is 10.1. The van der Waals surface area contributed by atoms with E-state index in [1.807, 2.05) is 0 Å². The molecule has 0 bridgehead atoms. The normalized spacial score (nSPS) is 12.2. The number of aromatic nitrogens is 2. The summed E-state index contributed by atoms with van der Waals surface area (Å²) >= 11 is 2.78. The van der Waals surface area contributed by atoms with Crippen molar-refractivity contribution in [2.45, 2.75) is 12.3 Å². The molecule has 0 atom stereocenters. The number of aryl methyl sites for hydroxylation is 1. The van der Waals surface area contributed by atoms with Gasteiger partial charge in [0.15, 0.2) is 0 Å². The van der Waals surface area contributed by atoms with Crippen molar-refractivity contribution in [1.29, 1.82) is 0 Å². The van der Waals surface area contributed by atoms with Gasteiger partial charge < -0.3 is 0 Å². The second-order valence-electron chi connectivity index (χ2n) is 2.72. The number of ketones is 1. The van der Waals surface area contributed by atoms with Gasteiger partial charge in [-0.15, -0.1) is 0 Å². The number of rotatable bonds is 3. The first kappa shape index (κ1) is 12.2. The van der Waals surface area contributed by atoms with Crippen LogP contribution in [0.1, 0.15) is 10.5 Å². The van der Waals surface area contributed by atoms with Crippen molar-refractivity contribution < 1.29 is 22.4 Å². The lowest BCUT2D eigenvalue weighted by Gasteiger charge is -2.13. The Bertz CT molecular complexity index is 371. The van der Waals surface area contributed by atoms with E-state index in [2.05, 4.69) is 21.0 Å². The SMILES string of the molecule is Cn1ncc(Br)c1C(=O)C(F)(F)C(F)F. The first-order valence-corrected chi connectivity index (χ1v) is 4.46. The largest absolute Gasteiger partial charge is 0.370 e. The summed E-state index contributed by atoms with van der Waals surface area (Å²) in [5, 5.41) is 3.48. The van der Waals surface area contributed by atoms with E-state index in [0.29, 0.717) is 0 Å². The second kappa shape index (κ2) is 3.92. The fourth-order valence-corrected chi connectivity index (χ4v) is 1.45. The number of alkyl halides is 4. The molecule has 0 aliphatic rings. The molecule has 0 unspecified atom stereocenters. The van der Waals surface area contributed by atoms with Crippen LogP contribution >= 0.6 is 15.9 Å². The highest BCUT2D eigenvalue weighted by Crippen LogP contribution is 2.29. The van der Waals surface area contributed by atoms with Gasteiger partial charge in [-0.3, -0.25) is 9.48 Å². The fraction of sp³-hybridized carbons (Fsp3) is 0.429. The molecule has 0 saturated carbocycles.